The number of allylic oxidation sites excluding steroid dienone is 10. The minimum absolute atomic E-state index is 0.0784. The maximum atomic E-state index is 12.8. The average Bonchev–Trinajstić information content (AvgIpc) is 3.34. The molecule has 0 aromatic rings. The highest BCUT2D eigenvalue weighted by atomic mass is 16.6. The summed E-state index contributed by atoms with van der Waals surface area (Å²) in [6, 6.07) is 0. The molecule has 0 saturated heterocycles. The first kappa shape index (κ1) is 65.1. The van der Waals surface area contributed by atoms with Gasteiger partial charge in [0.05, 0.1) is 0 Å². The predicted molar refractivity (Wildman–Crippen MR) is 293 cm³/mol. The summed E-state index contributed by atoms with van der Waals surface area (Å²) in [5.74, 6) is -0.885. The van der Waals surface area contributed by atoms with Gasteiger partial charge in [-0.3, -0.25) is 14.4 Å². The van der Waals surface area contributed by atoms with Gasteiger partial charge in [0.1, 0.15) is 13.2 Å². The fraction of sp³-hybridized carbons (Fsp3) is 0.790. The number of hydrogen-bond acceptors (Lipinski definition) is 6. The Morgan fingerprint density at radius 3 is 0.912 bits per heavy atom. The van der Waals surface area contributed by atoms with E-state index in [0.717, 1.165) is 96.3 Å². The van der Waals surface area contributed by atoms with Gasteiger partial charge in [-0.25, -0.2) is 0 Å². The van der Waals surface area contributed by atoms with E-state index in [1.165, 1.54) is 161 Å². The minimum atomic E-state index is -0.780. The lowest BCUT2D eigenvalue weighted by atomic mass is 10.1. The maximum Gasteiger partial charge on any atom is 0.306 e. The van der Waals surface area contributed by atoms with Gasteiger partial charge in [-0.2, -0.15) is 0 Å². The van der Waals surface area contributed by atoms with Gasteiger partial charge >= 0.3 is 17.9 Å². The molecule has 0 aromatic heterocycles. The van der Waals surface area contributed by atoms with Crippen molar-refractivity contribution in [1.29, 1.82) is 0 Å². The highest BCUT2D eigenvalue weighted by Gasteiger charge is 2.19. The summed E-state index contributed by atoms with van der Waals surface area (Å²) >= 11 is 0. The Labute approximate surface area is 421 Å². The number of carbonyl (C=O) groups excluding carboxylic acids is 3. The van der Waals surface area contributed by atoms with Crippen molar-refractivity contribution in [2.45, 2.75) is 303 Å². The van der Waals surface area contributed by atoms with Crippen molar-refractivity contribution in [1.82, 2.24) is 0 Å². The zero-order valence-electron chi connectivity index (χ0n) is 45.1. The van der Waals surface area contributed by atoms with Crippen LogP contribution < -0.4 is 0 Å². The van der Waals surface area contributed by atoms with E-state index in [0.29, 0.717) is 19.3 Å². The van der Waals surface area contributed by atoms with Crippen LogP contribution in [0.4, 0.5) is 0 Å². The molecule has 0 radical (unpaired) electrons. The lowest BCUT2D eigenvalue weighted by Gasteiger charge is -2.18. The standard InChI is InChI=1S/C62H110O6/c1-4-7-10-13-16-19-22-24-26-28-30-31-33-34-36-38-40-43-46-49-52-55-61(64)67-58-59(57-66-60(63)54-51-48-45-42-21-18-15-12-9-6-3)68-62(65)56-53-50-47-44-41-39-37-35-32-29-27-25-23-20-17-14-11-8-5-2/h8,11,17,20,25,27-28,30,32,35,59H,4-7,9-10,12-16,18-19,21-24,26,29,31,33-34,36-58H2,1-3H3/b11-8-,20-17-,27-25-,30-28-,35-32-. The first-order valence-electron chi connectivity index (χ1n) is 29.3. The van der Waals surface area contributed by atoms with Gasteiger partial charge < -0.3 is 14.2 Å². The Bertz CT molecular complexity index is 1230. The highest BCUT2D eigenvalue weighted by molar-refractivity contribution is 5.71. The van der Waals surface area contributed by atoms with Crippen LogP contribution >= 0.6 is 0 Å². The maximum absolute atomic E-state index is 12.8. The van der Waals surface area contributed by atoms with Crippen molar-refractivity contribution in [3.05, 3.63) is 60.8 Å². The van der Waals surface area contributed by atoms with Crippen LogP contribution in [-0.2, 0) is 28.6 Å². The number of rotatable bonds is 53. The van der Waals surface area contributed by atoms with E-state index >= 15 is 0 Å². The van der Waals surface area contributed by atoms with E-state index in [-0.39, 0.29) is 31.1 Å². The topological polar surface area (TPSA) is 78.9 Å². The smallest absolute Gasteiger partial charge is 0.306 e. The fourth-order valence-corrected chi connectivity index (χ4v) is 8.37. The summed E-state index contributed by atoms with van der Waals surface area (Å²) in [5, 5.41) is 0. The van der Waals surface area contributed by atoms with Gasteiger partial charge in [0.2, 0.25) is 0 Å². The van der Waals surface area contributed by atoms with Crippen LogP contribution in [-0.4, -0.2) is 37.2 Å². The third-order valence-electron chi connectivity index (χ3n) is 12.8. The monoisotopic (exact) mass is 951 g/mol. The highest BCUT2D eigenvalue weighted by Crippen LogP contribution is 2.16. The van der Waals surface area contributed by atoms with Crippen LogP contribution in [0.1, 0.15) is 297 Å². The van der Waals surface area contributed by atoms with Crippen molar-refractivity contribution >= 4 is 17.9 Å². The Morgan fingerprint density at radius 1 is 0.309 bits per heavy atom. The van der Waals surface area contributed by atoms with Gasteiger partial charge in [-0.05, 0) is 83.5 Å². The molecule has 6 heteroatoms. The number of carbonyl (C=O) groups is 3. The van der Waals surface area contributed by atoms with E-state index in [9.17, 15) is 14.4 Å². The molecule has 68 heavy (non-hydrogen) atoms. The first-order chi connectivity index (χ1) is 33.5. The predicted octanol–water partition coefficient (Wildman–Crippen LogP) is 19.6. The average molecular weight is 952 g/mol. The van der Waals surface area contributed by atoms with Crippen LogP contribution in [0.25, 0.3) is 0 Å². The van der Waals surface area contributed by atoms with Gasteiger partial charge in [0.25, 0.3) is 0 Å². The first-order valence-corrected chi connectivity index (χ1v) is 29.3. The number of hydrogen-bond donors (Lipinski definition) is 0. The summed E-state index contributed by atoms with van der Waals surface area (Å²) in [4.78, 5) is 38.1. The fourth-order valence-electron chi connectivity index (χ4n) is 8.37. The molecule has 0 bridgehead atoms. The summed E-state index contributed by atoms with van der Waals surface area (Å²) < 4.78 is 16.8. The van der Waals surface area contributed by atoms with Gasteiger partial charge in [0, 0.05) is 19.3 Å². The van der Waals surface area contributed by atoms with Crippen molar-refractivity contribution < 1.29 is 28.6 Å². The molecule has 0 rings (SSSR count). The summed E-state index contributed by atoms with van der Waals surface area (Å²) in [5.41, 5.74) is 0. The Balaban J connectivity index is 4.30. The Kier molecular flexibility index (Phi) is 54.3. The molecule has 0 saturated carbocycles. The molecule has 0 heterocycles. The van der Waals surface area contributed by atoms with Crippen molar-refractivity contribution in [3.63, 3.8) is 0 Å². The number of unbranched alkanes of at least 4 members (excludes halogenated alkanes) is 32. The summed E-state index contributed by atoms with van der Waals surface area (Å²) in [6.07, 6.45) is 70.7. The summed E-state index contributed by atoms with van der Waals surface area (Å²) in [6.45, 7) is 6.53. The van der Waals surface area contributed by atoms with E-state index in [1.807, 2.05) is 0 Å². The van der Waals surface area contributed by atoms with Crippen LogP contribution in [0.15, 0.2) is 60.8 Å². The molecule has 0 N–H and O–H groups in total. The quantitative estimate of drug-likeness (QED) is 0.0262. The molecule has 0 spiro atoms. The van der Waals surface area contributed by atoms with Crippen LogP contribution in [0.3, 0.4) is 0 Å². The minimum Gasteiger partial charge on any atom is -0.462 e. The second-order valence-electron chi connectivity index (χ2n) is 19.5. The van der Waals surface area contributed by atoms with E-state index < -0.39 is 6.10 Å². The Hall–Kier alpha value is -2.89. The molecule has 1 atom stereocenters. The third-order valence-corrected chi connectivity index (χ3v) is 12.8. The molecule has 0 fully saturated rings. The van der Waals surface area contributed by atoms with Crippen molar-refractivity contribution in [3.8, 4) is 0 Å². The molecule has 394 valence electrons. The molecular formula is C62H110O6. The van der Waals surface area contributed by atoms with E-state index in [1.54, 1.807) is 0 Å². The molecule has 0 amide bonds. The largest absolute Gasteiger partial charge is 0.462 e. The van der Waals surface area contributed by atoms with Crippen LogP contribution in [0.2, 0.25) is 0 Å². The molecule has 0 aliphatic heterocycles. The van der Waals surface area contributed by atoms with E-state index in [2.05, 4.69) is 81.5 Å². The zero-order valence-corrected chi connectivity index (χ0v) is 45.1. The normalized spacial score (nSPS) is 12.5. The second kappa shape index (κ2) is 56.7. The van der Waals surface area contributed by atoms with Gasteiger partial charge in [0.15, 0.2) is 6.10 Å². The zero-order chi connectivity index (χ0) is 49.3. The van der Waals surface area contributed by atoms with Gasteiger partial charge in [-0.15, -0.1) is 0 Å². The molecular weight excluding hydrogens is 841 g/mol. The molecule has 0 aliphatic rings. The molecule has 6 nitrogen and oxygen atoms in total. The SMILES string of the molecule is CC/C=C\C/C=C\C/C=C\C/C=C\CCCCCCCCC(=O)OC(COC(=O)CCCCCCCCCCCC)COC(=O)CCCCCCCCCCC/C=C\CCCCCCCCCC. The van der Waals surface area contributed by atoms with Gasteiger partial charge in [-0.1, -0.05) is 255 Å². The third kappa shape index (κ3) is 54.1. The van der Waals surface area contributed by atoms with Crippen LogP contribution in [0.5, 0.6) is 0 Å². The number of esters is 3. The second-order valence-corrected chi connectivity index (χ2v) is 19.5. The lowest BCUT2D eigenvalue weighted by molar-refractivity contribution is -0.167. The number of ether oxygens (including phenoxy) is 3. The van der Waals surface area contributed by atoms with Crippen molar-refractivity contribution in [2.75, 3.05) is 13.2 Å². The summed E-state index contributed by atoms with van der Waals surface area (Å²) in [7, 11) is 0. The van der Waals surface area contributed by atoms with Crippen LogP contribution in [0, 0.1) is 0 Å². The molecule has 1 unspecified atom stereocenters. The lowest BCUT2D eigenvalue weighted by Crippen LogP contribution is -2.30. The van der Waals surface area contributed by atoms with Crippen molar-refractivity contribution in [2.24, 2.45) is 0 Å². The van der Waals surface area contributed by atoms with E-state index in [4.69, 9.17) is 14.2 Å². The Morgan fingerprint density at radius 2 is 0.574 bits per heavy atom. The molecule has 0 aromatic carbocycles. The molecule has 0 aliphatic carbocycles.